The highest BCUT2D eigenvalue weighted by molar-refractivity contribution is 5.85. The molecular weight excluding hydrogens is 502 g/mol. The Balaban J connectivity index is 0.0000122. The molecule has 3 atom stereocenters. The number of ether oxygens (including phenoxy) is 7. The van der Waals surface area contributed by atoms with Crippen molar-refractivity contribution in [2.24, 2.45) is 5.73 Å². The first-order valence-electron chi connectivity index (χ1n) is 11.1. The second kappa shape index (κ2) is 16.4. The van der Waals surface area contributed by atoms with Crippen molar-refractivity contribution in [3.63, 3.8) is 0 Å². The predicted molar refractivity (Wildman–Crippen MR) is 128 cm³/mol. The van der Waals surface area contributed by atoms with Crippen LogP contribution in [0.1, 0.15) is 47.1 Å². The molecule has 1 unspecified atom stereocenters. The highest BCUT2D eigenvalue weighted by Gasteiger charge is 2.25. The molecule has 0 aliphatic heterocycles. The summed E-state index contributed by atoms with van der Waals surface area (Å²) in [5.74, 6) is -0.970. The first-order valence-corrected chi connectivity index (χ1v) is 11.1. The normalized spacial score (nSPS) is 12.8. The van der Waals surface area contributed by atoms with E-state index in [2.05, 4.69) is 0 Å². The van der Waals surface area contributed by atoms with Gasteiger partial charge in [0.05, 0.1) is 19.3 Å². The summed E-state index contributed by atoms with van der Waals surface area (Å²) in [4.78, 5) is 47.5. The van der Waals surface area contributed by atoms with E-state index in [-0.39, 0.29) is 49.6 Å². The van der Waals surface area contributed by atoms with Crippen LogP contribution >= 0.6 is 12.4 Å². The Kier molecular flexibility index (Phi) is 14.9. The highest BCUT2D eigenvalue weighted by Crippen LogP contribution is 2.30. The Morgan fingerprint density at radius 1 is 0.778 bits per heavy atom. The Hall–Kier alpha value is -3.25. The van der Waals surface area contributed by atoms with E-state index in [1.807, 2.05) is 0 Å². The van der Waals surface area contributed by atoms with Crippen molar-refractivity contribution in [1.29, 1.82) is 0 Å². The number of hydrogen-bond donors (Lipinski definition) is 1. The number of carbonyl (C=O) groups excluding carboxylic acids is 4. The van der Waals surface area contributed by atoms with Gasteiger partial charge in [-0.05, 0) is 65.7 Å². The molecule has 0 fully saturated rings. The van der Waals surface area contributed by atoms with Gasteiger partial charge < -0.3 is 38.9 Å². The Morgan fingerprint density at radius 2 is 1.31 bits per heavy atom. The van der Waals surface area contributed by atoms with Crippen LogP contribution in [0.4, 0.5) is 14.4 Å². The average molecular weight is 536 g/mol. The van der Waals surface area contributed by atoms with Gasteiger partial charge in [0.15, 0.2) is 11.5 Å². The summed E-state index contributed by atoms with van der Waals surface area (Å²) in [5, 5.41) is 0. The summed E-state index contributed by atoms with van der Waals surface area (Å²) in [6.07, 6.45) is -4.81. The molecule has 13 heteroatoms. The van der Waals surface area contributed by atoms with Crippen LogP contribution < -0.4 is 15.2 Å². The van der Waals surface area contributed by atoms with E-state index in [0.29, 0.717) is 5.56 Å². The summed E-state index contributed by atoms with van der Waals surface area (Å²) >= 11 is 0. The maximum Gasteiger partial charge on any atom is 0.513 e. The predicted octanol–water partition coefficient (Wildman–Crippen LogP) is 3.93. The molecule has 0 spiro atoms. The van der Waals surface area contributed by atoms with Crippen molar-refractivity contribution in [1.82, 2.24) is 0 Å². The molecule has 204 valence electrons. The molecule has 0 aliphatic carbocycles. The molecule has 12 nitrogen and oxygen atoms in total. The average Bonchev–Trinajstić information content (AvgIpc) is 2.75. The van der Waals surface area contributed by atoms with E-state index in [9.17, 15) is 19.2 Å². The minimum atomic E-state index is -1.10. The van der Waals surface area contributed by atoms with Gasteiger partial charge in [0, 0.05) is 0 Å². The maximum atomic E-state index is 12.4. The van der Waals surface area contributed by atoms with E-state index >= 15 is 0 Å². The largest absolute Gasteiger partial charge is 0.513 e. The molecule has 1 rings (SSSR count). The maximum absolute atomic E-state index is 12.4. The van der Waals surface area contributed by atoms with Crippen molar-refractivity contribution >= 4 is 36.8 Å². The lowest BCUT2D eigenvalue weighted by Gasteiger charge is -2.22. The highest BCUT2D eigenvalue weighted by atomic mass is 35.5. The number of hydrogen-bond acceptors (Lipinski definition) is 12. The SMILES string of the molecule is CCOC(=O)Oc1ccc(C[C@H](N)C(=O)O[C@H](C)C(C)OC(=O)OC(C)C)cc1OC(=O)OCC.Cl. The number of esters is 1. The van der Waals surface area contributed by atoms with Gasteiger partial charge in [-0.25, -0.2) is 14.4 Å². The Morgan fingerprint density at radius 3 is 1.83 bits per heavy atom. The van der Waals surface area contributed by atoms with Crippen LogP contribution in [0.5, 0.6) is 11.5 Å². The lowest BCUT2D eigenvalue weighted by molar-refractivity contribution is -0.155. The van der Waals surface area contributed by atoms with Crippen LogP contribution in [0.25, 0.3) is 0 Å². The monoisotopic (exact) mass is 535 g/mol. The lowest BCUT2D eigenvalue weighted by Crippen LogP contribution is -2.39. The van der Waals surface area contributed by atoms with Crippen LogP contribution in [0.2, 0.25) is 0 Å². The molecule has 0 amide bonds. The van der Waals surface area contributed by atoms with Gasteiger partial charge in [-0.1, -0.05) is 6.07 Å². The van der Waals surface area contributed by atoms with Crippen LogP contribution in [0.3, 0.4) is 0 Å². The van der Waals surface area contributed by atoms with E-state index in [1.165, 1.54) is 18.2 Å². The Bertz CT molecular complexity index is 878. The molecule has 0 bridgehead atoms. The molecule has 2 N–H and O–H groups in total. The van der Waals surface area contributed by atoms with Crippen molar-refractivity contribution in [3.05, 3.63) is 23.8 Å². The fourth-order valence-electron chi connectivity index (χ4n) is 2.49. The van der Waals surface area contributed by atoms with Gasteiger partial charge in [0.2, 0.25) is 0 Å². The number of benzene rings is 1. The van der Waals surface area contributed by atoms with Crippen LogP contribution in [-0.4, -0.2) is 62.0 Å². The molecule has 0 saturated carbocycles. The quantitative estimate of drug-likeness (QED) is 0.247. The fourth-order valence-corrected chi connectivity index (χ4v) is 2.49. The minimum absolute atomic E-state index is 0. The smallest absolute Gasteiger partial charge is 0.458 e. The van der Waals surface area contributed by atoms with E-state index in [1.54, 1.807) is 41.5 Å². The number of carbonyl (C=O) groups is 4. The van der Waals surface area contributed by atoms with Crippen molar-refractivity contribution in [2.75, 3.05) is 13.2 Å². The lowest BCUT2D eigenvalue weighted by atomic mass is 10.1. The third kappa shape index (κ3) is 11.9. The van der Waals surface area contributed by atoms with Crippen LogP contribution in [-0.2, 0) is 34.9 Å². The number of nitrogens with two attached hydrogens (primary N) is 1. The second-order valence-electron chi connectivity index (χ2n) is 7.54. The molecular formula is C23H34ClNO11. The summed E-state index contributed by atoms with van der Waals surface area (Å²) < 4.78 is 34.9. The summed E-state index contributed by atoms with van der Waals surface area (Å²) in [7, 11) is 0. The van der Waals surface area contributed by atoms with E-state index < -0.39 is 42.7 Å². The number of rotatable bonds is 11. The minimum Gasteiger partial charge on any atom is -0.458 e. The van der Waals surface area contributed by atoms with Gasteiger partial charge in [-0.2, -0.15) is 0 Å². The summed E-state index contributed by atoms with van der Waals surface area (Å²) in [6.45, 7) is 9.80. The molecule has 1 aromatic carbocycles. The third-order valence-electron chi connectivity index (χ3n) is 4.25. The standard InChI is InChI=1S/C23H33NO11.ClH/c1-7-29-21(26)34-18-10-9-16(12-19(18)35-22(27)30-8-2)11-17(24)20(25)32-14(5)15(6)33-23(28)31-13(3)4;/h9-10,12-15,17H,7-8,11,24H2,1-6H3;1H/t14-,15?,17+;/m1./s1. The molecule has 36 heavy (non-hydrogen) atoms. The van der Waals surface area contributed by atoms with Gasteiger partial charge >= 0.3 is 24.4 Å². The van der Waals surface area contributed by atoms with Gasteiger partial charge in [-0.15, -0.1) is 12.4 Å². The molecule has 0 saturated heterocycles. The van der Waals surface area contributed by atoms with Crippen LogP contribution in [0.15, 0.2) is 18.2 Å². The van der Waals surface area contributed by atoms with Crippen LogP contribution in [0, 0.1) is 0 Å². The molecule has 0 radical (unpaired) electrons. The zero-order valence-corrected chi connectivity index (χ0v) is 22.0. The summed E-state index contributed by atoms with van der Waals surface area (Å²) in [5.41, 5.74) is 6.45. The third-order valence-corrected chi connectivity index (χ3v) is 4.25. The van der Waals surface area contributed by atoms with Gasteiger partial charge in [0.25, 0.3) is 0 Å². The van der Waals surface area contributed by atoms with Crippen molar-refractivity contribution in [2.45, 2.75) is 72.3 Å². The van der Waals surface area contributed by atoms with Crippen molar-refractivity contribution < 1.29 is 52.3 Å². The van der Waals surface area contributed by atoms with E-state index in [0.717, 1.165) is 0 Å². The first-order chi connectivity index (χ1) is 16.5. The molecule has 0 aliphatic rings. The zero-order chi connectivity index (χ0) is 26.5. The molecule has 0 heterocycles. The topological polar surface area (TPSA) is 159 Å². The zero-order valence-electron chi connectivity index (χ0n) is 21.1. The van der Waals surface area contributed by atoms with Gasteiger partial charge in [-0.3, -0.25) is 4.79 Å². The number of halogens is 1. The van der Waals surface area contributed by atoms with E-state index in [4.69, 9.17) is 38.9 Å². The fraction of sp³-hybridized carbons (Fsp3) is 0.565. The molecule has 1 aromatic rings. The summed E-state index contributed by atoms with van der Waals surface area (Å²) in [6, 6.07) is 3.16. The van der Waals surface area contributed by atoms with Crippen molar-refractivity contribution in [3.8, 4) is 11.5 Å². The second-order valence-corrected chi connectivity index (χ2v) is 7.54. The Labute approximate surface area is 216 Å². The first kappa shape index (κ1) is 32.8. The van der Waals surface area contributed by atoms with Gasteiger partial charge in [0.1, 0.15) is 18.2 Å². The molecule has 0 aromatic heterocycles.